The van der Waals surface area contributed by atoms with E-state index in [1.807, 2.05) is 17.7 Å². The van der Waals surface area contributed by atoms with E-state index in [1.165, 1.54) is 0 Å². The van der Waals surface area contributed by atoms with Crippen LogP contribution in [0.1, 0.15) is 16.2 Å². The SMILES string of the molecule is Cc1nccn1-c1ccncc1NC(=O)c1cccc(Cl)c1Cl. The monoisotopic (exact) mass is 346 g/mol. The summed E-state index contributed by atoms with van der Waals surface area (Å²) in [5.41, 5.74) is 1.62. The molecule has 7 heteroatoms. The number of aryl methyl sites for hydroxylation is 1. The summed E-state index contributed by atoms with van der Waals surface area (Å²) in [4.78, 5) is 20.7. The van der Waals surface area contributed by atoms with Crippen molar-refractivity contribution in [3.63, 3.8) is 0 Å². The molecule has 0 spiro atoms. The number of halogens is 2. The number of carbonyl (C=O) groups excluding carboxylic acids is 1. The Bertz CT molecular complexity index is 876. The molecule has 0 unspecified atom stereocenters. The van der Waals surface area contributed by atoms with Gasteiger partial charge >= 0.3 is 0 Å². The van der Waals surface area contributed by atoms with Crippen LogP contribution in [0.15, 0.2) is 49.1 Å². The molecule has 3 rings (SSSR count). The van der Waals surface area contributed by atoms with Crippen LogP contribution in [0, 0.1) is 6.92 Å². The van der Waals surface area contributed by atoms with E-state index in [0.717, 1.165) is 11.5 Å². The molecule has 0 saturated heterocycles. The highest BCUT2D eigenvalue weighted by Crippen LogP contribution is 2.27. The standard InChI is InChI=1S/C16H12Cl2N4O/c1-10-20-7-8-22(10)14-5-6-19-9-13(14)21-16(23)11-3-2-4-12(17)15(11)18/h2-9H,1H3,(H,21,23). The van der Waals surface area contributed by atoms with Crippen molar-refractivity contribution >= 4 is 34.8 Å². The third kappa shape index (κ3) is 3.06. The molecule has 23 heavy (non-hydrogen) atoms. The molecule has 0 bridgehead atoms. The van der Waals surface area contributed by atoms with Gasteiger partial charge in [-0.05, 0) is 25.1 Å². The van der Waals surface area contributed by atoms with Crippen LogP contribution >= 0.6 is 23.2 Å². The molecule has 0 fully saturated rings. The predicted molar refractivity (Wildman–Crippen MR) is 90.5 cm³/mol. The first-order valence-electron chi connectivity index (χ1n) is 6.77. The second-order valence-electron chi connectivity index (χ2n) is 4.79. The Morgan fingerprint density at radius 2 is 2.04 bits per heavy atom. The van der Waals surface area contributed by atoms with Gasteiger partial charge in [0.25, 0.3) is 5.91 Å². The van der Waals surface area contributed by atoms with E-state index in [0.29, 0.717) is 16.3 Å². The molecule has 1 aromatic carbocycles. The number of pyridine rings is 1. The van der Waals surface area contributed by atoms with Gasteiger partial charge in [-0.2, -0.15) is 0 Å². The summed E-state index contributed by atoms with van der Waals surface area (Å²) in [7, 11) is 0. The van der Waals surface area contributed by atoms with E-state index in [2.05, 4.69) is 15.3 Å². The molecule has 2 heterocycles. The number of aromatic nitrogens is 3. The summed E-state index contributed by atoms with van der Waals surface area (Å²) < 4.78 is 1.86. The molecule has 2 aromatic heterocycles. The van der Waals surface area contributed by atoms with Crippen LogP contribution in [-0.4, -0.2) is 20.4 Å². The summed E-state index contributed by atoms with van der Waals surface area (Å²) in [6, 6.07) is 6.71. The first kappa shape index (κ1) is 15.5. The Morgan fingerprint density at radius 1 is 1.22 bits per heavy atom. The number of hydrogen-bond acceptors (Lipinski definition) is 3. The van der Waals surface area contributed by atoms with E-state index >= 15 is 0 Å². The molecule has 1 amide bonds. The maximum atomic E-state index is 12.5. The number of anilines is 1. The lowest BCUT2D eigenvalue weighted by Crippen LogP contribution is -2.15. The average molecular weight is 347 g/mol. The summed E-state index contributed by atoms with van der Waals surface area (Å²) in [6.45, 7) is 1.87. The van der Waals surface area contributed by atoms with Gasteiger partial charge in [-0.25, -0.2) is 4.98 Å². The van der Waals surface area contributed by atoms with E-state index < -0.39 is 0 Å². The fourth-order valence-electron chi connectivity index (χ4n) is 2.19. The number of nitrogens with one attached hydrogen (secondary N) is 1. The Balaban J connectivity index is 1.97. The van der Waals surface area contributed by atoms with Crippen LogP contribution < -0.4 is 5.32 Å². The number of nitrogens with zero attached hydrogens (tertiary/aromatic N) is 3. The van der Waals surface area contributed by atoms with Crippen molar-refractivity contribution < 1.29 is 4.79 Å². The smallest absolute Gasteiger partial charge is 0.257 e. The van der Waals surface area contributed by atoms with Gasteiger partial charge in [0.2, 0.25) is 0 Å². The Hall–Kier alpha value is -2.37. The maximum Gasteiger partial charge on any atom is 0.257 e. The minimum absolute atomic E-state index is 0.218. The fraction of sp³-hybridized carbons (Fsp3) is 0.0625. The molecule has 0 radical (unpaired) electrons. The van der Waals surface area contributed by atoms with Crippen LogP contribution in [0.4, 0.5) is 5.69 Å². The molecule has 0 aliphatic heterocycles. The summed E-state index contributed by atoms with van der Waals surface area (Å²) in [5.74, 6) is 0.442. The molecule has 3 aromatic rings. The lowest BCUT2D eigenvalue weighted by atomic mass is 10.2. The number of hydrogen-bond donors (Lipinski definition) is 1. The van der Waals surface area contributed by atoms with Gasteiger partial charge in [-0.1, -0.05) is 29.3 Å². The molecule has 0 aliphatic rings. The van der Waals surface area contributed by atoms with Crippen LogP contribution in [0.3, 0.4) is 0 Å². The molecule has 5 nitrogen and oxygen atoms in total. The lowest BCUT2D eigenvalue weighted by Gasteiger charge is -2.13. The highest BCUT2D eigenvalue weighted by molar-refractivity contribution is 6.44. The second kappa shape index (κ2) is 6.40. The minimum Gasteiger partial charge on any atom is -0.319 e. The third-order valence-electron chi connectivity index (χ3n) is 3.33. The fourth-order valence-corrected chi connectivity index (χ4v) is 2.58. The van der Waals surface area contributed by atoms with Crippen molar-refractivity contribution in [1.82, 2.24) is 14.5 Å². The van der Waals surface area contributed by atoms with Crippen molar-refractivity contribution in [2.24, 2.45) is 0 Å². The molecular weight excluding hydrogens is 335 g/mol. The topological polar surface area (TPSA) is 59.8 Å². The van der Waals surface area contributed by atoms with Crippen LogP contribution in [0.2, 0.25) is 10.0 Å². The molecular formula is C16H12Cl2N4O. The van der Waals surface area contributed by atoms with Crippen molar-refractivity contribution in [2.75, 3.05) is 5.32 Å². The Morgan fingerprint density at radius 3 is 2.78 bits per heavy atom. The van der Waals surface area contributed by atoms with Crippen LogP contribution in [0.25, 0.3) is 5.69 Å². The number of carbonyl (C=O) groups is 1. The molecule has 1 N–H and O–H groups in total. The zero-order valence-corrected chi connectivity index (χ0v) is 13.6. The van der Waals surface area contributed by atoms with Crippen molar-refractivity contribution in [3.8, 4) is 5.69 Å². The summed E-state index contributed by atoms with van der Waals surface area (Å²) in [5, 5.41) is 3.37. The normalized spacial score (nSPS) is 10.6. The van der Waals surface area contributed by atoms with E-state index in [9.17, 15) is 4.79 Å². The van der Waals surface area contributed by atoms with Crippen LogP contribution in [0.5, 0.6) is 0 Å². The molecule has 0 aliphatic carbocycles. The maximum absolute atomic E-state index is 12.5. The van der Waals surface area contributed by atoms with E-state index in [1.54, 1.807) is 42.9 Å². The highest BCUT2D eigenvalue weighted by atomic mass is 35.5. The highest BCUT2D eigenvalue weighted by Gasteiger charge is 2.15. The molecule has 0 atom stereocenters. The van der Waals surface area contributed by atoms with Crippen molar-refractivity contribution in [3.05, 3.63) is 70.5 Å². The van der Waals surface area contributed by atoms with Gasteiger partial charge in [0.1, 0.15) is 5.82 Å². The van der Waals surface area contributed by atoms with Crippen molar-refractivity contribution in [2.45, 2.75) is 6.92 Å². The van der Waals surface area contributed by atoms with Gasteiger partial charge < -0.3 is 9.88 Å². The van der Waals surface area contributed by atoms with E-state index in [4.69, 9.17) is 23.2 Å². The van der Waals surface area contributed by atoms with Crippen molar-refractivity contribution in [1.29, 1.82) is 0 Å². The Kier molecular flexibility index (Phi) is 4.32. The quantitative estimate of drug-likeness (QED) is 0.775. The molecule has 0 saturated carbocycles. The van der Waals surface area contributed by atoms with Gasteiger partial charge in [0.15, 0.2) is 0 Å². The van der Waals surface area contributed by atoms with Crippen LogP contribution in [-0.2, 0) is 0 Å². The zero-order valence-electron chi connectivity index (χ0n) is 12.1. The largest absolute Gasteiger partial charge is 0.319 e. The first-order chi connectivity index (χ1) is 11.1. The minimum atomic E-state index is -0.357. The third-order valence-corrected chi connectivity index (χ3v) is 4.15. The first-order valence-corrected chi connectivity index (χ1v) is 7.53. The number of imidazole rings is 1. The number of benzene rings is 1. The number of rotatable bonds is 3. The van der Waals surface area contributed by atoms with Gasteiger partial charge in [-0.3, -0.25) is 9.78 Å². The Labute approximate surface area is 142 Å². The number of amides is 1. The van der Waals surface area contributed by atoms with Gasteiger partial charge in [0, 0.05) is 18.6 Å². The van der Waals surface area contributed by atoms with Gasteiger partial charge in [0.05, 0.1) is 33.2 Å². The second-order valence-corrected chi connectivity index (χ2v) is 5.58. The van der Waals surface area contributed by atoms with Gasteiger partial charge in [-0.15, -0.1) is 0 Å². The molecule has 116 valence electrons. The average Bonchev–Trinajstić information content (AvgIpc) is 2.96. The lowest BCUT2D eigenvalue weighted by molar-refractivity contribution is 0.102. The zero-order chi connectivity index (χ0) is 16.4. The summed E-state index contributed by atoms with van der Waals surface area (Å²) in [6.07, 6.45) is 6.73. The predicted octanol–water partition coefficient (Wildman–Crippen LogP) is 4.13. The van der Waals surface area contributed by atoms with E-state index in [-0.39, 0.29) is 10.9 Å². The summed E-state index contributed by atoms with van der Waals surface area (Å²) >= 11 is 12.1.